The largest absolute Gasteiger partial charge is 0.354 e. The highest BCUT2D eigenvalue weighted by atomic mass is 14.9. The van der Waals surface area contributed by atoms with Crippen LogP contribution in [-0.2, 0) is 0 Å². The average Bonchev–Trinajstić information content (AvgIpc) is 2.51. The van der Waals surface area contributed by atoms with E-state index >= 15 is 0 Å². The number of benzene rings is 2. The molecule has 0 unspecified atom stereocenters. The number of fused-ring (bicyclic) bond motifs is 1. The second-order valence-corrected chi connectivity index (χ2v) is 5.12. The van der Waals surface area contributed by atoms with Gasteiger partial charge in [-0.3, -0.25) is 4.98 Å². The first kappa shape index (κ1) is 13.1. The molecule has 21 heavy (non-hydrogen) atoms. The maximum Gasteiger partial charge on any atom is 0.103 e. The van der Waals surface area contributed by atoms with Crippen LogP contribution in [0.3, 0.4) is 0 Å². The van der Waals surface area contributed by atoms with Crippen LogP contribution in [-0.4, -0.2) is 4.98 Å². The average molecular weight is 273 g/mol. The van der Waals surface area contributed by atoms with E-state index in [4.69, 9.17) is 0 Å². The van der Waals surface area contributed by atoms with Gasteiger partial charge in [-0.15, -0.1) is 0 Å². The van der Waals surface area contributed by atoms with E-state index < -0.39 is 0 Å². The van der Waals surface area contributed by atoms with Crippen LogP contribution in [0.25, 0.3) is 10.9 Å². The Morgan fingerprint density at radius 1 is 1.10 bits per heavy atom. The Morgan fingerprint density at radius 2 is 1.90 bits per heavy atom. The number of aromatic nitrogens is 1. The Balaban J connectivity index is 2.19. The van der Waals surface area contributed by atoms with Crippen molar-refractivity contribution in [1.29, 1.82) is 5.26 Å². The third-order valence-electron chi connectivity index (χ3n) is 3.55. The molecule has 0 fully saturated rings. The standard InChI is InChI=1S/C18H15N3/c1-12-7-8-13(2)17(9-12)21-18-14(10-19)11-20-16-6-4-3-5-15(16)18/h3-9,11H,1-2H3,(H,20,21). The number of aryl methyl sites for hydroxylation is 2. The molecule has 0 aliphatic heterocycles. The van der Waals surface area contributed by atoms with Crippen LogP contribution in [0.2, 0.25) is 0 Å². The summed E-state index contributed by atoms with van der Waals surface area (Å²) in [5.41, 5.74) is 5.59. The number of anilines is 2. The Kier molecular flexibility index (Phi) is 3.29. The molecule has 0 spiro atoms. The van der Waals surface area contributed by atoms with Gasteiger partial charge in [0.25, 0.3) is 0 Å². The minimum atomic E-state index is 0.551. The summed E-state index contributed by atoms with van der Waals surface area (Å²) < 4.78 is 0. The number of nitrogens with zero attached hydrogens (tertiary/aromatic N) is 2. The second-order valence-electron chi connectivity index (χ2n) is 5.12. The van der Waals surface area contributed by atoms with Gasteiger partial charge in [0.2, 0.25) is 0 Å². The molecule has 0 saturated heterocycles. The minimum Gasteiger partial charge on any atom is -0.354 e. The second kappa shape index (κ2) is 5.26. The first-order chi connectivity index (χ1) is 10.2. The molecule has 0 amide bonds. The van der Waals surface area contributed by atoms with Crippen molar-refractivity contribution < 1.29 is 0 Å². The van der Waals surface area contributed by atoms with Crippen LogP contribution in [0, 0.1) is 25.2 Å². The first-order valence-corrected chi connectivity index (χ1v) is 6.81. The van der Waals surface area contributed by atoms with Crippen LogP contribution in [0.1, 0.15) is 16.7 Å². The molecule has 3 aromatic rings. The number of pyridine rings is 1. The number of hydrogen-bond donors (Lipinski definition) is 1. The maximum absolute atomic E-state index is 9.35. The molecule has 1 N–H and O–H groups in total. The Labute approximate surface area is 123 Å². The molecule has 0 radical (unpaired) electrons. The molecular formula is C18H15N3. The van der Waals surface area contributed by atoms with Crippen molar-refractivity contribution >= 4 is 22.3 Å². The molecule has 3 rings (SSSR count). The molecular weight excluding hydrogens is 258 g/mol. The van der Waals surface area contributed by atoms with E-state index in [1.165, 1.54) is 5.56 Å². The van der Waals surface area contributed by atoms with Gasteiger partial charge in [0.15, 0.2) is 0 Å². The zero-order valence-electron chi connectivity index (χ0n) is 12.0. The molecule has 0 aliphatic rings. The molecule has 0 atom stereocenters. The molecule has 0 bridgehead atoms. The van der Waals surface area contributed by atoms with Crippen molar-refractivity contribution in [2.75, 3.05) is 5.32 Å². The van der Waals surface area contributed by atoms with Crippen molar-refractivity contribution in [3.63, 3.8) is 0 Å². The normalized spacial score (nSPS) is 10.3. The van der Waals surface area contributed by atoms with Crippen LogP contribution in [0.5, 0.6) is 0 Å². The fraction of sp³-hybridized carbons (Fsp3) is 0.111. The highest BCUT2D eigenvalue weighted by Gasteiger charge is 2.10. The molecule has 3 heteroatoms. The lowest BCUT2D eigenvalue weighted by atomic mass is 10.1. The van der Waals surface area contributed by atoms with E-state index in [-0.39, 0.29) is 0 Å². The van der Waals surface area contributed by atoms with Crippen LogP contribution in [0.15, 0.2) is 48.7 Å². The smallest absolute Gasteiger partial charge is 0.103 e. The third kappa shape index (κ3) is 2.44. The number of nitrogens with one attached hydrogen (secondary N) is 1. The van der Waals surface area contributed by atoms with Crippen molar-refractivity contribution in [1.82, 2.24) is 4.98 Å². The Morgan fingerprint density at radius 3 is 2.71 bits per heavy atom. The minimum absolute atomic E-state index is 0.551. The van der Waals surface area contributed by atoms with Gasteiger partial charge >= 0.3 is 0 Å². The summed E-state index contributed by atoms with van der Waals surface area (Å²) in [6, 6.07) is 16.3. The number of nitriles is 1. The molecule has 1 heterocycles. The summed E-state index contributed by atoms with van der Waals surface area (Å²) >= 11 is 0. The summed E-state index contributed by atoms with van der Waals surface area (Å²) in [5.74, 6) is 0. The highest BCUT2D eigenvalue weighted by Crippen LogP contribution is 2.30. The fourth-order valence-corrected chi connectivity index (χ4v) is 2.37. The van der Waals surface area contributed by atoms with E-state index in [1.807, 2.05) is 24.3 Å². The Bertz CT molecular complexity index is 860. The van der Waals surface area contributed by atoms with Crippen molar-refractivity contribution in [2.24, 2.45) is 0 Å². The lowest BCUT2D eigenvalue weighted by Gasteiger charge is -2.14. The van der Waals surface area contributed by atoms with E-state index in [0.717, 1.165) is 27.8 Å². The SMILES string of the molecule is Cc1ccc(C)c(Nc2c(C#N)cnc3ccccc23)c1. The van der Waals surface area contributed by atoms with Crippen LogP contribution < -0.4 is 5.32 Å². The monoisotopic (exact) mass is 273 g/mol. The van der Waals surface area contributed by atoms with Crippen LogP contribution in [0.4, 0.5) is 11.4 Å². The van der Waals surface area contributed by atoms with Gasteiger partial charge in [-0.2, -0.15) is 5.26 Å². The Hall–Kier alpha value is -2.86. The number of hydrogen-bond acceptors (Lipinski definition) is 3. The van der Waals surface area contributed by atoms with Gasteiger partial charge in [0, 0.05) is 17.3 Å². The zero-order valence-corrected chi connectivity index (χ0v) is 12.0. The topological polar surface area (TPSA) is 48.7 Å². The van der Waals surface area contributed by atoms with Crippen molar-refractivity contribution in [2.45, 2.75) is 13.8 Å². The molecule has 3 nitrogen and oxygen atoms in total. The molecule has 102 valence electrons. The quantitative estimate of drug-likeness (QED) is 0.749. The lowest BCUT2D eigenvalue weighted by molar-refractivity contribution is 1.34. The van der Waals surface area contributed by atoms with Gasteiger partial charge < -0.3 is 5.32 Å². The highest BCUT2D eigenvalue weighted by molar-refractivity contribution is 5.95. The van der Waals surface area contributed by atoms with Gasteiger partial charge in [-0.25, -0.2) is 0 Å². The van der Waals surface area contributed by atoms with Crippen molar-refractivity contribution in [3.05, 3.63) is 65.4 Å². The van der Waals surface area contributed by atoms with E-state index in [1.54, 1.807) is 6.20 Å². The molecule has 0 aliphatic carbocycles. The summed E-state index contributed by atoms with van der Waals surface area (Å²) in [4.78, 5) is 4.33. The predicted octanol–water partition coefficient (Wildman–Crippen LogP) is 4.47. The number of rotatable bonds is 2. The van der Waals surface area contributed by atoms with Crippen LogP contribution >= 0.6 is 0 Å². The summed E-state index contributed by atoms with van der Waals surface area (Å²) in [5, 5.41) is 13.7. The van der Waals surface area contributed by atoms with E-state index in [9.17, 15) is 5.26 Å². The van der Waals surface area contributed by atoms with Gasteiger partial charge in [-0.1, -0.05) is 30.3 Å². The van der Waals surface area contributed by atoms with E-state index in [2.05, 4.69) is 48.4 Å². The number of para-hydroxylation sites is 1. The lowest BCUT2D eigenvalue weighted by Crippen LogP contribution is -1.98. The first-order valence-electron chi connectivity index (χ1n) is 6.81. The molecule has 0 saturated carbocycles. The summed E-state index contributed by atoms with van der Waals surface area (Å²) in [6.07, 6.45) is 1.62. The maximum atomic E-state index is 9.35. The van der Waals surface area contributed by atoms with Gasteiger partial charge in [-0.05, 0) is 37.1 Å². The third-order valence-corrected chi connectivity index (χ3v) is 3.55. The van der Waals surface area contributed by atoms with Gasteiger partial charge in [0.05, 0.1) is 16.8 Å². The van der Waals surface area contributed by atoms with E-state index in [0.29, 0.717) is 5.56 Å². The molecule has 1 aromatic heterocycles. The van der Waals surface area contributed by atoms with Gasteiger partial charge in [0.1, 0.15) is 6.07 Å². The zero-order chi connectivity index (χ0) is 14.8. The molecule has 2 aromatic carbocycles. The fourth-order valence-electron chi connectivity index (χ4n) is 2.37. The van der Waals surface area contributed by atoms with Crippen molar-refractivity contribution in [3.8, 4) is 6.07 Å². The summed E-state index contributed by atoms with van der Waals surface area (Å²) in [6.45, 7) is 4.11. The predicted molar refractivity (Wildman–Crippen MR) is 85.7 cm³/mol. The summed E-state index contributed by atoms with van der Waals surface area (Å²) in [7, 11) is 0.